The number of rotatable bonds is 6. The standard InChI is InChI=1S/C15H15NO2.3C6H5.Sn/c1-10-6-5-9-13(11(10)2)16-14-8-4-3-7-12(14)15(17)18;3*1-2-4-6-5-3-1;/h3-9,16H,1-2H3,(H,17,18);3*1-5H;. The van der Waals surface area contributed by atoms with Crippen LogP contribution >= 0.6 is 0 Å². The van der Waals surface area contributed by atoms with Gasteiger partial charge in [0.2, 0.25) is 0 Å². The maximum atomic E-state index is 11.1. The van der Waals surface area contributed by atoms with Gasteiger partial charge in [0.05, 0.1) is 11.3 Å². The molecule has 0 heterocycles. The molecular weight excluding hydrogens is 561 g/mol. The van der Waals surface area contributed by atoms with E-state index < -0.39 is 25.7 Å². The molecule has 0 saturated carbocycles. The van der Waals surface area contributed by atoms with Gasteiger partial charge in [-0.25, -0.2) is 4.79 Å². The predicted molar refractivity (Wildman–Crippen MR) is 157 cm³/mol. The number of benzene rings is 5. The molecule has 5 aromatic carbocycles. The Morgan fingerprint density at radius 3 is 1.49 bits per heavy atom. The molecule has 0 aliphatic heterocycles. The van der Waals surface area contributed by atoms with Gasteiger partial charge in [-0.05, 0) is 43.2 Å². The SMILES string of the molecule is Cc1cccc(Nc2ccccc2C(=O)O)c1C.c1cc[c]([Sn]([c]2ccccc2)[c]2ccccc2)cc1. The summed E-state index contributed by atoms with van der Waals surface area (Å²) in [5.41, 5.74) is 4.12. The third kappa shape index (κ3) is 6.89. The number of carbonyl (C=O) groups is 1. The Morgan fingerprint density at radius 2 is 1.00 bits per heavy atom. The molecule has 0 aliphatic carbocycles. The predicted octanol–water partition coefficient (Wildman–Crippen LogP) is 5.95. The Kier molecular flexibility index (Phi) is 9.17. The minimum atomic E-state index is -1.98. The monoisotopic (exact) mass is 592 g/mol. The van der Waals surface area contributed by atoms with Gasteiger partial charge in [0, 0.05) is 5.69 Å². The van der Waals surface area contributed by atoms with E-state index in [2.05, 4.69) is 96.3 Å². The molecule has 37 heavy (non-hydrogen) atoms. The van der Waals surface area contributed by atoms with Gasteiger partial charge in [-0.15, -0.1) is 0 Å². The molecule has 3 nitrogen and oxygen atoms in total. The number of anilines is 2. The summed E-state index contributed by atoms with van der Waals surface area (Å²) in [5, 5.41) is 12.3. The van der Waals surface area contributed by atoms with E-state index in [0.717, 1.165) is 11.3 Å². The van der Waals surface area contributed by atoms with Crippen molar-refractivity contribution in [2.75, 3.05) is 5.32 Å². The van der Waals surface area contributed by atoms with E-state index in [1.165, 1.54) is 16.3 Å². The summed E-state index contributed by atoms with van der Waals surface area (Å²) in [6.07, 6.45) is 0. The molecule has 0 aromatic heterocycles. The molecule has 0 aliphatic rings. The number of hydrogen-bond donors (Lipinski definition) is 2. The Hall–Kier alpha value is -3.83. The van der Waals surface area contributed by atoms with E-state index in [-0.39, 0.29) is 5.56 Å². The van der Waals surface area contributed by atoms with Crippen molar-refractivity contribution in [1.82, 2.24) is 0 Å². The van der Waals surface area contributed by atoms with Crippen LogP contribution in [0.2, 0.25) is 0 Å². The minimum absolute atomic E-state index is 0.276. The zero-order valence-corrected chi connectivity index (χ0v) is 23.9. The van der Waals surface area contributed by atoms with Crippen LogP contribution in [0.1, 0.15) is 21.5 Å². The van der Waals surface area contributed by atoms with Crippen LogP contribution in [0, 0.1) is 13.8 Å². The van der Waals surface area contributed by atoms with Crippen molar-refractivity contribution in [3.05, 3.63) is 150 Å². The molecule has 0 saturated heterocycles. The molecule has 5 rings (SSSR count). The number of hydrogen-bond acceptors (Lipinski definition) is 2. The van der Waals surface area contributed by atoms with Gasteiger partial charge in [0.25, 0.3) is 0 Å². The molecule has 4 heteroatoms. The zero-order valence-electron chi connectivity index (χ0n) is 21.1. The van der Waals surface area contributed by atoms with Crippen molar-refractivity contribution < 1.29 is 9.90 Å². The number of nitrogens with one attached hydrogen (secondary N) is 1. The fraction of sp³-hybridized carbons (Fsp3) is 0.0606. The van der Waals surface area contributed by atoms with Crippen molar-refractivity contribution in [1.29, 1.82) is 0 Å². The third-order valence-corrected chi connectivity index (χ3v) is 14.0. The number of aryl methyl sites for hydroxylation is 1. The van der Waals surface area contributed by atoms with Gasteiger partial charge in [-0.3, -0.25) is 0 Å². The van der Waals surface area contributed by atoms with Crippen LogP contribution in [0.15, 0.2) is 133 Å². The first-order valence-corrected chi connectivity index (χ1v) is 16.5. The summed E-state index contributed by atoms with van der Waals surface area (Å²) in [6.45, 7) is 4.05. The van der Waals surface area contributed by atoms with E-state index >= 15 is 0 Å². The van der Waals surface area contributed by atoms with Crippen molar-refractivity contribution in [2.45, 2.75) is 13.8 Å². The Morgan fingerprint density at radius 1 is 0.568 bits per heavy atom. The van der Waals surface area contributed by atoms with Gasteiger partial charge >= 0.3 is 127 Å². The maximum absolute atomic E-state index is 11.1. The molecule has 0 bridgehead atoms. The van der Waals surface area contributed by atoms with Crippen LogP contribution < -0.4 is 16.1 Å². The van der Waals surface area contributed by atoms with Crippen LogP contribution in [-0.4, -0.2) is 30.8 Å². The fourth-order valence-corrected chi connectivity index (χ4v) is 11.5. The van der Waals surface area contributed by atoms with E-state index in [9.17, 15) is 4.79 Å². The summed E-state index contributed by atoms with van der Waals surface area (Å²) in [4.78, 5) is 11.1. The van der Waals surface area contributed by atoms with Gasteiger partial charge in [-0.1, -0.05) is 24.3 Å². The topological polar surface area (TPSA) is 49.3 Å². The second-order valence-electron chi connectivity index (χ2n) is 8.70. The second-order valence-corrected chi connectivity index (χ2v) is 15.8. The van der Waals surface area contributed by atoms with Gasteiger partial charge < -0.3 is 10.4 Å². The van der Waals surface area contributed by atoms with Crippen molar-refractivity contribution in [3.8, 4) is 0 Å². The average Bonchev–Trinajstić information content (AvgIpc) is 2.94. The molecule has 1 radical (unpaired) electrons. The number of carboxylic acid groups (broad SMARTS) is 1. The molecule has 0 fully saturated rings. The van der Waals surface area contributed by atoms with Gasteiger partial charge in [0.15, 0.2) is 0 Å². The number of carboxylic acids is 1. The summed E-state index contributed by atoms with van der Waals surface area (Å²) in [5.74, 6) is -0.927. The quantitative estimate of drug-likeness (QED) is 0.240. The molecule has 2 N–H and O–H groups in total. The zero-order chi connectivity index (χ0) is 26.0. The first kappa shape index (κ1) is 26.2. The van der Waals surface area contributed by atoms with Crippen LogP contribution in [0.3, 0.4) is 0 Å². The molecular formula is C33H30NO2Sn. The molecule has 0 unspecified atom stereocenters. The molecule has 0 spiro atoms. The summed E-state index contributed by atoms with van der Waals surface area (Å²) >= 11 is -1.98. The molecule has 0 atom stereocenters. The van der Waals surface area contributed by atoms with Crippen molar-refractivity contribution in [2.24, 2.45) is 0 Å². The Labute approximate surface area is 226 Å². The van der Waals surface area contributed by atoms with Crippen LogP contribution in [0.5, 0.6) is 0 Å². The summed E-state index contributed by atoms with van der Waals surface area (Å²) in [7, 11) is 0. The van der Waals surface area contributed by atoms with E-state index in [1.807, 2.05) is 38.1 Å². The van der Waals surface area contributed by atoms with Crippen molar-refractivity contribution >= 4 is 47.8 Å². The summed E-state index contributed by atoms with van der Waals surface area (Å²) < 4.78 is 4.59. The van der Waals surface area contributed by atoms with Crippen LogP contribution in [0.25, 0.3) is 0 Å². The third-order valence-electron chi connectivity index (χ3n) is 6.22. The van der Waals surface area contributed by atoms with E-state index in [0.29, 0.717) is 5.69 Å². The van der Waals surface area contributed by atoms with Gasteiger partial charge in [-0.2, -0.15) is 0 Å². The molecule has 0 amide bonds. The first-order chi connectivity index (χ1) is 18.0. The van der Waals surface area contributed by atoms with E-state index in [1.54, 1.807) is 18.2 Å². The number of aromatic carboxylic acids is 1. The summed E-state index contributed by atoms with van der Waals surface area (Å²) in [6, 6.07) is 45.8. The number of para-hydroxylation sites is 1. The Balaban J connectivity index is 0.000000173. The van der Waals surface area contributed by atoms with Crippen LogP contribution in [-0.2, 0) is 0 Å². The van der Waals surface area contributed by atoms with Crippen LogP contribution in [0.4, 0.5) is 11.4 Å². The molecule has 5 aromatic rings. The van der Waals surface area contributed by atoms with Gasteiger partial charge in [0.1, 0.15) is 0 Å². The first-order valence-electron chi connectivity index (χ1n) is 12.2. The second kappa shape index (κ2) is 12.9. The molecule has 183 valence electrons. The Bertz CT molecular complexity index is 1340. The van der Waals surface area contributed by atoms with E-state index in [4.69, 9.17) is 5.11 Å². The van der Waals surface area contributed by atoms with Crippen molar-refractivity contribution in [3.63, 3.8) is 0 Å². The normalized spacial score (nSPS) is 10.4. The fourth-order valence-electron chi connectivity index (χ4n) is 4.12. The average molecular weight is 591 g/mol.